The van der Waals surface area contributed by atoms with Crippen molar-refractivity contribution in [1.29, 1.82) is 0 Å². The predicted molar refractivity (Wildman–Crippen MR) is 99.1 cm³/mol. The van der Waals surface area contributed by atoms with Gasteiger partial charge in [0.1, 0.15) is 0 Å². The zero-order valence-electron chi connectivity index (χ0n) is 13.2. The van der Waals surface area contributed by atoms with Gasteiger partial charge in [-0.1, -0.05) is 34.7 Å². The number of carbonyl (C=O) groups excluding carboxylic acids is 1. The zero-order chi connectivity index (χ0) is 18.0. The summed E-state index contributed by atoms with van der Waals surface area (Å²) in [6.07, 6.45) is 3.54. The molecule has 1 aromatic heterocycles. The van der Waals surface area contributed by atoms with E-state index in [1.165, 1.54) is 45.6 Å². The normalized spacial score (nSPS) is 15.4. The van der Waals surface area contributed by atoms with E-state index < -0.39 is 15.9 Å². The standard InChI is InChI=1S/C14H15ClN4O3S3/c1-23-14-18-17-13(24-14)16-12(20)10-8-9(4-5-11(10)15)25(21,22)19-6-2-3-7-19/h4-5,8H,2-3,6-7H2,1H3,(H,16,17,20). The van der Waals surface area contributed by atoms with Crippen LogP contribution in [0.5, 0.6) is 0 Å². The first kappa shape index (κ1) is 18.6. The summed E-state index contributed by atoms with van der Waals surface area (Å²) in [7, 11) is -3.62. The number of sulfonamides is 1. The van der Waals surface area contributed by atoms with Gasteiger partial charge in [-0.3, -0.25) is 10.1 Å². The predicted octanol–water partition coefficient (Wildman–Crippen LogP) is 2.95. The highest BCUT2D eigenvalue weighted by molar-refractivity contribution is 8.00. The lowest BCUT2D eigenvalue weighted by Gasteiger charge is -2.16. The second kappa shape index (κ2) is 7.58. The number of rotatable bonds is 5. The molecule has 2 aromatic rings. The van der Waals surface area contributed by atoms with Gasteiger partial charge in [0.15, 0.2) is 4.34 Å². The van der Waals surface area contributed by atoms with Gasteiger partial charge in [0.2, 0.25) is 15.2 Å². The number of amides is 1. The summed E-state index contributed by atoms with van der Waals surface area (Å²) in [6, 6.07) is 4.15. The molecule has 1 aliphatic heterocycles. The van der Waals surface area contributed by atoms with Gasteiger partial charge >= 0.3 is 0 Å². The van der Waals surface area contributed by atoms with Crippen LogP contribution in [0.25, 0.3) is 0 Å². The lowest BCUT2D eigenvalue weighted by atomic mass is 10.2. The van der Waals surface area contributed by atoms with Crippen molar-refractivity contribution < 1.29 is 13.2 Å². The average molecular weight is 419 g/mol. The number of carbonyl (C=O) groups is 1. The highest BCUT2D eigenvalue weighted by Crippen LogP contribution is 2.27. The van der Waals surface area contributed by atoms with Gasteiger partial charge in [0, 0.05) is 13.1 Å². The van der Waals surface area contributed by atoms with Crippen molar-refractivity contribution in [3.05, 3.63) is 28.8 Å². The van der Waals surface area contributed by atoms with Gasteiger partial charge in [-0.2, -0.15) is 4.31 Å². The van der Waals surface area contributed by atoms with E-state index in [9.17, 15) is 13.2 Å². The molecule has 1 saturated heterocycles. The molecule has 25 heavy (non-hydrogen) atoms. The van der Waals surface area contributed by atoms with Crippen molar-refractivity contribution in [2.75, 3.05) is 24.7 Å². The Bertz CT molecular complexity index is 894. The van der Waals surface area contributed by atoms with Crippen LogP contribution in [0.2, 0.25) is 5.02 Å². The maximum absolute atomic E-state index is 12.6. The molecule has 0 saturated carbocycles. The molecule has 11 heteroatoms. The van der Waals surface area contributed by atoms with Gasteiger partial charge < -0.3 is 0 Å². The minimum Gasteiger partial charge on any atom is -0.296 e. The van der Waals surface area contributed by atoms with E-state index in [0.717, 1.165) is 12.8 Å². The molecule has 1 aromatic carbocycles. The fourth-order valence-electron chi connectivity index (χ4n) is 2.42. The van der Waals surface area contributed by atoms with Crippen molar-refractivity contribution in [2.45, 2.75) is 22.1 Å². The Morgan fingerprint density at radius 3 is 2.68 bits per heavy atom. The van der Waals surface area contributed by atoms with Crippen molar-refractivity contribution in [3.63, 3.8) is 0 Å². The summed E-state index contributed by atoms with van der Waals surface area (Å²) in [4.78, 5) is 12.5. The number of aromatic nitrogens is 2. The molecule has 7 nitrogen and oxygen atoms in total. The van der Waals surface area contributed by atoms with Gasteiger partial charge in [-0.05, 0) is 37.3 Å². The monoisotopic (exact) mass is 418 g/mol. The Balaban J connectivity index is 1.87. The van der Waals surface area contributed by atoms with Crippen molar-refractivity contribution >= 4 is 55.8 Å². The quantitative estimate of drug-likeness (QED) is 0.592. The van der Waals surface area contributed by atoms with E-state index in [4.69, 9.17) is 11.6 Å². The van der Waals surface area contributed by atoms with Gasteiger partial charge in [-0.25, -0.2) is 8.42 Å². The SMILES string of the molecule is CSc1nnc(NC(=O)c2cc(S(=O)(=O)N3CCCC3)ccc2Cl)s1. The van der Waals surface area contributed by atoms with Crippen LogP contribution < -0.4 is 5.32 Å². The second-order valence-electron chi connectivity index (χ2n) is 5.28. The molecule has 0 aliphatic carbocycles. The van der Waals surface area contributed by atoms with Crippen LogP contribution in [0.15, 0.2) is 27.4 Å². The summed E-state index contributed by atoms with van der Waals surface area (Å²) in [6.45, 7) is 0.990. The molecule has 1 fully saturated rings. The van der Waals surface area contributed by atoms with Crippen molar-refractivity contribution in [1.82, 2.24) is 14.5 Å². The third-order valence-corrected chi connectivity index (χ3v) is 7.73. The Labute approximate surface area is 158 Å². The van der Waals surface area contributed by atoms with Gasteiger partial charge in [-0.15, -0.1) is 10.2 Å². The topological polar surface area (TPSA) is 92.3 Å². The highest BCUT2D eigenvalue weighted by Gasteiger charge is 2.28. The van der Waals surface area contributed by atoms with Crippen molar-refractivity contribution in [3.8, 4) is 0 Å². The molecule has 1 amide bonds. The van der Waals surface area contributed by atoms with Gasteiger partial charge in [0.05, 0.1) is 15.5 Å². The van der Waals surface area contributed by atoms with E-state index in [-0.39, 0.29) is 15.5 Å². The number of halogens is 1. The fourth-order valence-corrected chi connectivity index (χ4v) is 5.34. The Hall–Kier alpha value is -1.20. The van der Waals surface area contributed by atoms with Crippen LogP contribution in [0.3, 0.4) is 0 Å². The summed E-state index contributed by atoms with van der Waals surface area (Å²) in [5.74, 6) is -0.521. The van der Waals surface area contributed by atoms with Crippen LogP contribution in [-0.4, -0.2) is 48.2 Å². The number of nitrogens with zero attached hydrogens (tertiary/aromatic N) is 3. The molecule has 0 radical (unpaired) electrons. The molecule has 0 unspecified atom stereocenters. The minimum atomic E-state index is -3.62. The Morgan fingerprint density at radius 2 is 2.04 bits per heavy atom. The molecular formula is C14H15ClN4O3S3. The zero-order valence-corrected chi connectivity index (χ0v) is 16.4. The maximum atomic E-state index is 12.6. The first-order chi connectivity index (χ1) is 11.9. The first-order valence-electron chi connectivity index (χ1n) is 7.40. The number of benzene rings is 1. The lowest BCUT2D eigenvalue weighted by Crippen LogP contribution is -2.28. The molecule has 0 bridgehead atoms. The summed E-state index contributed by atoms with van der Waals surface area (Å²) >= 11 is 8.74. The number of thioether (sulfide) groups is 1. The molecule has 2 heterocycles. The Morgan fingerprint density at radius 1 is 1.32 bits per heavy atom. The van der Waals surface area contributed by atoms with Crippen LogP contribution in [0.1, 0.15) is 23.2 Å². The molecule has 1 aliphatic rings. The highest BCUT2D eigenvalue weighted by atomic mass is 35.5. The van der Waals surface area contributed by atoms with Crippen LogP contribution in [-0.2, 0) is 10.0 Å². The van der Waals surface area contributed by atoms with Crippen LogP contribution in [0, 0.1) is 0 Å². The summed E-state index contributed by atoms with van der Waals surface area (Å²) in [5.41, 5.74) is 0.0860. The molecule has 0 atom stereocenters. The van der Waals surface area contributed by atoms with Crippen molar-refractivity contribution in [2.24, 2.45) is 0 Å². The number of hydrogen-bond donors (Lipinski definition) is 1. The van der Waals surface area contributed by atoms with E-state index in [1.807, 2.05) is 6.26 Å². The van der Waals surface area contributed by atoms with E-state index in [2.05, 4.69) is 15.5 Å². The largest absolute Gasteiger partial charge is 0.296 e. The lowest BCUT2D eigenvalue weighted by molar-refractivity contribution is 0.102. The van der Waals surface area contributed by atoms with E-state index >= 15 is 0 Å². The average Bonchev–Trinajstić information content (AvgIpc) is 3.26. The minimum absolute atomic E-state index is 0.0611. The van der Waals surface area contributed by atoms with E-state index in [1.54, 1.807) is 0 Å². The first-order valence-corrected chi connectivity index (χ1v) is 11.3. The number of hydrogen-bond acceptors (Lipinski definition) is 7. The number of nitrogens with one attached hydrogen (secondary N) is 1. The van der Waals surface area contributed by atoms with Crippen LogP contribution in [0.4, 0.5) is 5.13 Å². The maximum Gasteiger partial charge on any atom is 0.259 e. The van der Waals surface area contributed by atoms with E-state index in [0.29, 0.717) is 22.6 Å². The van der Waals surface area contributed by atoms with Gasteiger partial charge in [0.25, 0.3) is 5.91 Å². The third kappa shape index (κ3) is 3.98. The fraction of sp³-hybridized carbons (Fsp3) is 0.357. The Kier molecular flexibility index (Phi) is 5.64. The summed E-state index contributed by atoms with van der Waals surface area (Å²) < 4.78 is 27.4. The molecule has 134 valence electrons. The molecule has 3 rings (SSSR count). The summed E-state index contributed by atoms with van der Waals surface area (Å²) in [5, 5.41) is 10.9. The third-order valence-electron chi connectivity index (χ3n) is 3.69. The number of anilines is 1. The molecule has 0 spiro atoms. The molecular weight excluding hydrogens is 404 g/mol. The smallest absolute Gasteiger partial charge is 0.259 e. The molecule has 1 N–H and O–H groups in total. The second-order valence-corrected chi connectivity index (χ2v) is 9.66. The van der Waals surface area contributed by atoms with Crippen LogP contribution >= 0.6 is 34.7 Å².